The molecule has 0 saturated carbocycles. The smallest absolute Gasteiger partial charge is 0.238 e. The fourth-order valence-electron chi connectivity index (χ4n) is 1.77. The van der Waals surface area contributed by atoms with E-state index in [0.717, 1.165) is 0 Å². The molecule has 0 fully saturated rings. The molecule has 1 aromatic carbocycles. The number of carbonyl (C=O) groups is 2. The zero-order chi connectivity index (χ0) is 15.8. The second-order valence-corrected chi connectivity index (χ2v) is 5.13. The first-order valence-corrected chi connectivity index (χ1v) is 7.47. The van der Waals surface area contributed by atoms with Crippen molar-refractivity contribution in [2.24, 2.45) is 0 Å². The maximum Gasteiger partial charge on any atom is 0.238 e. The third-order valence-corrected chi connectivity index (χ3v) is 3.54. The zero-order valence-corrected chi connectivity index (χ0v) is 13.6. The quantitative estimate of drug-likeness (QED) is 0.806. The van der Waals surface area contributed by atoms with Gasteiger partial charge in [0.25, 0.3) is 0 Å². The van der Waals surface area contributed by atoms with Crippen LogP contribution in [0.25, 0.3) is 0 Å². The minimum absolute atomic E-state index is 0.00849. The Morgan fingerprint density at radius 1 is 1.10 bits per heavy atom. The average molecular weight is 332 g/mol. The van der Waals surface area contributed by atoms with Gasteiger partial charge in [0, 0.05) is 13.1 Å². The predicted octanol–water partition coefficient (Wildman–Crippen LogP) is 2.39. The molecule has 0 radical (unpaired) electrons. The molecule has 0 aromatic heterocycles. The molecular weight excluding hydrogens is 313 g/mol. The van der Waals surface area contributed by atoms with Crippen molar-refractivity contribution in [1.29, 1.82) is 0 Å². The summed E-state index contributed by atoms with van der Waals surface area (Å²) in [5.41, 5.74) is 0.378. The standard InChI is InChI=1S/C14H19Cl2N3O2/c1-3-19(4-2)13(21)9-17-8-12(20)18-14-10(15)6-5-7-11(14)16/h5-7,17H,3-4,8-9H2,1-2H3,(H,18,20). The number of halogens is 2. The van der Waals surface area contributed by atoms with E-state index in [1.54, 1.807) is 23.1 Å². The Morgan fingerprint density at radius 3 is 2.19 bits per heavy atom. The molecule has 1 rings (SSSR count). The van der Waals surface area contributed by atoms with E-state index in [0.29, 0.717) is 28.8 Å². The number of nitrogens with one attached hydrogen (secondary N) is 2. The highest BCUT2D eigenvalue weighted by Gasteiger charge is 2.12. The molecule has 2 N–H and O–H groups in total. The maximum absolute atomic E-state index is 11.8. The van der Waals surface area contributed by atoms with Crippen LogP contribution in [0.2, 0.25) is 10.0 Å². The fraction of sp³-hybridized carbons (Fsp3) is 0.429. The SMILES string of the molecule is CCN(CC)C(=O)CNCC(=O)Nc1c(Cl)cccc1Cl. The van der Waals surface area contributed by atoms with Gasteiger partial charge in [-0.05, 0) is 26.0 Å². The molecule has 116 valence electrons. The third kappa shape index (κ3) is 5.53. The molecule has 0 aliphatic heterocycles. The van der Waals surface area contributed by atoms with Crippen molar-refractivity contribution in [3.63, 3.8) is 0 Å². The van der Waals surface area contributed by atoms with E-state index >= 15 is 0 Å². The van der Waals surface area contributed by atoms with Crippen molar-refractivity contribution in [3.05, 3.63) is 28.2 Å². The van der Waals surface area contributed by atoms with Crippen LogP contribution in [0.4, 0.5) is 5.69 Å². The van der Waals surface area contributed by atoms with Gasteiger partial charge < -0.3 is 10.2 Å². The van der Waals surface area contributed by atoms with E-state index in [9.17, 15) is 9.59 Å². The first kappa shape index (κ1) is 17.8. The van der Waals surface area contributed by atoms with Crippen molar-refractivity contribution in [1.82, 2.24) is 10.2 Å². The number of anilines is 1. The Morgan fingerprint density at radius 2 is 1.67 bits per heavy atom. The van der Waals surface area contributed by atoms with Crippen molar-refractivity contribution >= 4 is 40.7 Å². The predicted molar refractivity (Wildman–Crippen MR) is 85.9 cm³/mol. The fourth-order valence-corrected chi connectivity index (χ4v) is 2.26. The lowest BCUT2D eigenvalue weighted by molar-refractivity contribution is -0.129. The Labute approximate surface area is 134 Å². The van der Waals surface area contributed by atoms with Crippen molar-refractivity contribution in [2.75, 3.05) is 31.5 Å². The lowest BCUT2D eigenvalue weighted by Gasteiger charge is -2.18. The van der Waals surface area contributed by atoms with Gasteiger partial charge in [-0.25, -0.2) is 0 Å². The van der Waals surface area contributed by atoms with Crippen LogP contribution in [0.3, 0.4) is 0 Å². The lowest BCUT2D eigenvalue weighted by atomic mass is 10.3. The molecule has 2 amide bonds. The van der Waals surface area contributed by atoms with Gasteiger partial charge in [0.05, 0.1) is 28.8 Å². The molecule has 0 spiro atoms. The van der Waals surface area contributed by atoms with E-state index in [4.69, 9.17) is 23.2 Å². The van der Waals surface area contributed by atoms with Gasteiger partial charge >= 0.3 is 0 Å². The van der Waals surface area contributed by atoms with Crippen LogP contribution < -0.4 is 10.6 Å². The summed E-state index contributed by atoms with van der Waals surface area (Å²) in [6, 6.07) is 4.97. The monoisotopic (exact) mass is 331 g/mol. The van der Waals surface area contributed by atoms with Crippen molar-refractivity contribution < 1.29 is 9.59 Å². The Bertz CT molecular complexity index is 485. The number of para-hydroxylation sites is 1. The summed E-state index contributed by atoms with van der Waals surface area (Å²) in [6.07, 6.45) is 0. The molecule has 0 unspecified atom stereocenters. The summed E-state index contributed by atoms with van der Waals surface area (Å²) in [5, 5.41) is 6.16. The minimum Gasteiger partial charge on any atom is -0.342 e. The molecule has 0 aliphatic carbocycles. The molecule has 21 heavy (non-hydrogen) atoms. The number of rotatable bonds is 7. The zero-order valence-electron chi connectivity index (χ0n) is 12.1. The van der Waals surface area contributed by atoms with Gasteiger partial charge in [-0.1, -0.05) is 29.3 Å². The third-order valence-electron chi connectivity index (χ3n) is 2.91. The van der Waals surface area contributed by atoms with Gasteiger partial charge in [0.15, 0.2) is 0 Å². The molecule has 0 atom stereocenters. The van der Waals surface area contributed by atoms with E-state index in [1.807, 2.05) is 13.8 Å². The van der Waals surface area contributed by atoms with Gasteiger partial charge in [-0.3, -0.25) is 14.9 Å². The number of nitrogens with zero attached hydrogens (tertiary/aromatic N) is 1. The number of benzene rings is 1. The topological polar surface area (TPSA) is 61.4 Å². The van der Waals surface area contributed by atoms with Gasteiger partial charge in [0.1, 0.15) is 0 Å². The Balaban J connectivity index is 2.43. The highest BCUT2D eigenvalue weighted by molar-refractivity contribution is 6.39. The summed E-state index contributed by atoms with van der Waals surface area (Å²) in [7, 11) is 0. The summed E-state index contributed by atoms with van der Waals surface area (Å²) < 4.78 is 0. The van der Waals surface area contributed by atoms with Crippen LogP contribution in [-0.4, -0.2) is 42.9 Å². The van der Waals surface area contributed by atoms with Crippen LogP contribution in [0.5, 0.6) is 0 Å². The average Bonchev–Trinajstić information content (AvgIpc) is 2.44. The molecule has 0 aliphatic rings. The van der Waals surface area contributed by atoms with Crippen LogP contribution in [-0.2, 0) is 9.59 Å². The normalized spacial score (nSPS) is 10.3. The summed E-state index contributed by atoms with van der Waals surface area (Å²) in [5.74, 6) is -0.346. The summed E-state index contributed by atoms with van der Waals surface area (Å²) in [4.78, 5) is 25.2. The molecule has 5 nitrogen and oxygen atoms in total. The van der Waals surface area contributed by atoms with Gasteiger partial charge in [-0.15, -0.1) is 0 Å². The maximum atomic E-state index is 11.8. The molecule has 7 heteroatoms. The van der Waals surface area contributed by atoms with Crippen molar-refractivity contribution in [3.8, 4) is 0 Å². The molecule has 0 saturated heterocycles. The molecule has 0 heterocycles. The summed E-state index contributed by atoms with van der Waals surface area (Å²) >= 11 is 11.9. The highest BCUT2D eigenvalue weighted by Crippen LogP contribution is 2.29. The second kappa shape index (κ2) is 8.87. The van der Waals surface area contributed by atoms with Gasteiger partial charge in [-0.2, -0.15) is 0 Å². The second-order valence-electron chi connectivity index (χ2n) is 4.31. The van der Waals surface area contributed by atoms with E-state index < -0.39 is 0 Å². The number of hydrogen-bond donors (Lipinski definition) is 2. The van der Waals surface area contributed by atoms with Crippen LogP contribution >= 0.6 is 23.2 Å². The largest absolute Gasteiger partial charge is 0.342 e. The lowest BCUT2D eigenvalue weighted by Crippen LogP contribution is -2.40. The number of likely N-dealkylation sites (N-methyl/N-ethyl adjacent to an activating group) is 1. The van der Waals surface area contributed by atoms with Gasteiger partial charge in [0.2, 0.25) is 11.8 Å². The Hall–Kier alpha value is -1.30. The summed E-state index contributed by atoms with van der Waals surface area (Å²) in [6.45, 7) is 5.25. The molecule has 1 aromatic rings. The first-order chi connectivity index (χ1) is 9.99. The van der Waals surface area contributed by atoms with Crippen LogP contribution in [0, 0.1) is 0 Å². The van der Waals surface area contributed by atoms with Crippen LogP contribution in [0.15, 0.2) is 18.2 Å². The van der Waals surface area contributed by atoms with E-state index in [2.05, 4.69) is 10.6 Å². The minimum atomic E-state index is -0.308. The van der Waals surface area contributed by atoms with E-state index in [-0.39, 0.29) is 24.9 Å². The highest BCUT2D eigenvalue weighted by atomic mass is 35.5. The van der Waals surface area contributed by atoms with Crippen LogP contribution in [0.1, 0.15) is 13.8 Å². The molecular formula is C14H19Cl2N3O2. The first-order valence-electron chi connectivity index (χ1n) is 6.71. The van der Waals surface area contributed by atoms with Crippen molar-refractivity contribution in [2.45, 2.75) is 13.8 Å². The number of amides is 2. The van der Waals surface area contributed by atoms with E-state index in [1.165, 1.54) is 0 Å². The number of hydrogen-bond acceptors (Lipinski definition) is 3. The Kier molecular flexibility index (Phi) is 7.50. The number of carbonyl (C=O) groups excluding carboxylic acids is 2. The molecule has 0 bridgehead atoms.